The molecule has 3 rings (SSSR count). The van der Waals surface area contributed by atoms with Crippen LogP contribution in [0.25, 0.3) is 0 Å². The number of rotatable bonds is 8. The summed E-state index contributed by atoms with van der Waals surface area (Å²) in [5.41, 5.74) is 1.66. The summed E-state index contributed by atoms with van der Waals surface area (Å²) in [6.07, 6.45) is 2.11. The van der Waals surface area contributed by atoms with Crippen LogP contribution < -0.4 is 9.47 Å². The van der Waals surface area contributed by atoms with Gasteiger partial charge in [-0.1, -0.05) is 30.3 Å². The molecule has 166 valence electrons. The number of likely N-dealkylation sites (tertiary alicyclic amines) is 1. The van der Waals surface area contributed by atoms with Gasteiger partial charge in [-0.2, -0.15) is 0 Å². The number of esters is 1. The molecule has 0 unspecified atom stereocenters. The zero-order chi connectivity index (χ0) is 22.2. The Kier molecular flexibility index (Phi) is 7.93. The third kappa shape index (κ3) is 6.00. The molecule has 1 heterocycles. The summed E-state index contributed by atoms with van der Waals surface area (Å²) >= 11 is 0. The average Bonchev–Trinajstić information content (AvgIpc) is 2.80. The van der Waals surface area contributed by atoms with Crippen molar-refractivity contribution in [3.8, 4) is 11.5 Å². The monoisotopic (exact) mass is 425 g/mol. The number of carbonyl (C=O) groups excluding carboxylic acids is 2. The summed E-state index contributed by atoms with van der Waals surface area (Å²) in [5.74, 6) is 0.883. The Hall–Kier alpha value is -3.02. The van der Waals surface area contributed by atoms with E-state index in [4.69, 9.17) is 14.2 Å². The lowest BCUT2D eigenvalue weighted by Gasteiger charge is -2.33. The van der Waals surface area contributed by atoms with E-state index >= 15 is 0 Å². The first kappa shape index (κ1) is 22.7. The van der Waals surface area contributed by atoms with Crippen molar-refractivity contribution >= 4 is 11.9 Å². The Bertz CT molecular complexity index is 875. The first-order valence-corrected chi connectivity index (χ1v) is 10.9. The number of hydrogen-bond acceptors (Lipinski definition) is 5. The summed E-state index contributed by atoms with van der Waals surface area (Å²) in [4.78, 5) is 27.2. The van der Waals surface area contributed by atoms with Gasteiger partial charge >= 0.3 is 5.97 Å². The molecule has 0 spiro atoms. The smallest absolute Gasteiger partial charge is 0.339 e. The van der Waals surface area contributed by atoms with Gasteiger partial charge in [0.05, 0.1) is 19.3 Å². The molecule has 2 aromatic rings. The molecule has 0 radical (unpaired) electrons. The van der Waals surface area contributed by atoms with E-state index in [-0.39, 0.29) is 5.91 Å². The molecule has 6 heteroatoms. The third-order valence-corrected chi connectivity index (χ3v) is 5.62. The van der Waals surface area contributed by atoms with Crippen LogP contribution in [0, 0.1) is 5.92 Å². The highest BCUT2D eigenvalue weighted by atomic mass is 16.5. The van der Waals surface area contributed by atoms with E-state index in [0.29, 0.717) is 42.7 Å². The van der Waals surface area contributed by atoms with E-state index in [9.17, 15) is 9.59 Å². The van der Waals surface area contributed by atoms with Gasteiger partial charge in [-0.05, 0) is 62.8 Å². The van der Waals surface area contributed by atoms with Gasteiger partial charge in [-0.15, -0.1) is 0 Å². The van der Waals surface area contributed by atoms with Gasteiger partial charge in [0.15, 0.2) is 17.6 Å². The number of methoxy groups -OCH3 is 1. The second kappa shape index (κ2) is 10.8. The predicted molar refractivity (Wildman–Crippen MR) is 118 cm³/mol. The second-order valence-corrected chi connectivity index (χ2v) is 7.80. The highest BCUT2D eigenvalue weighted by Crippen LogP contribution is 2.28. The van der Waals surface area contributed by atoms with Crippen LogP contribution in [0.5, 0.6) is 11.5 Å². The fourth-order valence-corrected chi connectivity index (χ4v) is 3.91. The van der Waals surface area contributed by atoms with E-state index in [1.54, 1.807) is 37.1 Å². The summed E-state index contributed by atoms with van der Waals surface area (Å²) < 4.78 is 16.2. The predicted octanol–water partition coefficient (Wildman–Crippen LogP) is 4.12. The van der Waals surface area contributed by atoms with Crippen molar-refractivity contribution in [2.45, 2.75) is 39.2 Å². The van der Waals surface area contributed by atoms with Crippen LogP contribution in [0.2, 0.25) is 0 Å². The van der Waals surface area contributed by atoms with Crippen LogP contribution >= 0.6 is 0 Å². The summed E-state index contributed by atoms with van der Waals surface area (Å²) in [7, 11) is 1.54. The van der Waals surface area contributed by atoms with Crippen molar-refractivity contribution in [2.24, 2.45) is 5.92 Å². The number of nitrogens with zero attached hydrogens (tertiary/aromatic N) is 1. The van der Waals surface area contributed by atoms with Gasteiger partial charge in [-0.25, -0.2) is 4.79 Å². The van der Waals surface area contributed by atoms with Crippen molar-refractivity contribution < 1.29 is 23.8 Å². The number of benzene rings is 2. The number of amides is 1. The fraction of sp³-hybridized carbons (Fsp3) is 0.440. The highest BCUT2D eigenvalue weighted by Gasteiger charge is 2.28. The Morgan fingerprint density at radius 2 is 1.77 bits per heavy atom. The molecule has 0 N–H and O–H groups in total. The standard InChI is InChI=1S/C25H31NO5/c1-4-30-23-17-21(10-11-22(23)29-3)25(28)31-18(2)24(27)26-14-12-20(13-15-26)16-19-8-6-5-7-9-19/h5-11,17-18,20H,4,12-16H2,1-3H3/t18-/m1/s1. The molecule has 6 nitrogen and oxygen atoms in total. The quantitative estimate of drug-likeness (QED) is 0.595. The molecule has 0 aliphatic carbocycles. The molecule has 1 atom stereocenters. The molecule has 31 heavy (non-hydrogen) atoms. The number of ether oxygens (including phenoxy) is 3. The number of piperidine rings is 1. The van der Waals surface area contributed by atoms with Crippen molar-refractivity contribution in [2.75, 3.05) is 26.8 Å². The fourth-order valence-electron chi connectivity index (χ4n) is 3.91. The molecule has 2 aromatic carbocycles. The van der Waals surface area contributed by atoms with Crippen LogP contribution in [0.4, 0.5) is 0 Å². The maximum Gasteiger partial charge on any atom is 0.339 e. The normalized spacial score (nSPS) is 15.3. The largest absolute Gasteiger partial charge is 0.493 e. The molecule has 1 amide bonds. The maximum absolute atomic E-state index is 12.8. The average molecular weight is 426 g/mol. The van der Waals surface area contributed by atoms with Crippen molar-refractivity contribution in [3.05, 3.63) is 59.7 Å². The summed E-state index contributed by atoms with van der Waals surface area (Å²) in [6, 6.07) is 15.3. The summed E-state index contributed by atoms with van der Waals surface area (Å²) in [6.45, 7) is 5.31. The minimum atomic E-state index is -0.837. The van der Waals surface area contributed by atoms with Gasteiger partial charge in [0.1, 0.15) is 0 Å². The lowest BCUT2D eigenvalue weighted by molar-refractivity contribution is -0.141. The molecular weight excluding hydrogens is 394 g/mol. The molecule has 0 bridgehead atoms. The van der Waals surface area contributed by atoms with Crippen molar-refractivity contribution in [3.63, 3.8) is 0 Å². The van der Waals surface area contributed by atoms with Gasteiger partial charge in [0.2, 0.25) is 0 Å². The highest BCUT2D eigenvalue weighted by molar-refractivity contribution is 5.92. The van der Waals surface area contributed by atoms with Crippen LogP contribution in [-0.2, 0) is 16.0 Å². The number of hydrogen-bond donors (Lipinski definition) is 0. The molecule has 1 aliphatic rings. The van der Waals surface area contributed by atoms with Crippen molar-refractivity contribution in [1.82, 2.24) is 4.90 Å². The van der Waals surface area contributed by atoms with Crippen LogP contribution in [-0.4, -0.2) is 49.7 Å². The minimum Gasteiger partial charge on any atom is -0.493 e. The van der Waals surface area contributed by atoms with Gasteiger partial charge < -0.3 is 19.1 Å². The topological polar surface area (TPSA) is 65.1 Å². The van der Waals surface area contributed by atoms with E-state index in [2.05, 4.69) is 24.3 Å². The van der Waals surface area contributed by atoms with E-state index in [0.717, 1.165) is 19.3 Å². The zero-order valence-corrected chi connectivity index (χ0v) is 18.5. The Morgan fingerprint density at radius 3 is 2.42 bits per heavy atom. The minimum absolute atomic E-state index is 0.148. The van der Waals surface area contributed by atoms with Gasteiger partial charge in [0, 0.05) is 13.1 Å². The zero-order valence-electron chi connectivity index (χ0n) is 18.5. The Balaban J connectivity index is 1.52. The molecule has 1 saturated heterocycles. The molecule has 1 aliphatic heterocycles. The Labute approximate surface area is 184 Å². The van der Waals surface area contributed by atoms with E-state index in [1.165, 1.54) is 5.56 Å². The lowest BCUT2D eigenvalue weighted by atomic mass is 9.90. The lowest BCUT2D eigenvalue weighted by Crippen LogP contribution is -2.44. The SMILES string of the molecule is CCOc1cc(C(=O)O[C@H](C)C(=O)N2CCC(Cc3ccccc3)CC2)ccc1OC. The van der Waals surface area contributed by atoms with Gasteiger partial charge in [0.25, 0.3) is 5.91 Å². The van der Waals surface area contributed by atoms with Gasteiger partial charge in [-0.3, -0.25) is 4.79 Å². The van der Waals surface area contributed by atoms with E-state index in [1.807, 2.05) is 13.0 Å². The van der Waals surface area contributed by atoms with E-state index < -0.39 is 12.1 Å². The molecule has 1 fully saturated rings. The van der Waals surface area contributed by atoms with Crippen LogP contribution in [0.15, 0.2) is 48.5 Å². The maximum atomic E-state index is 12.8. The number of carbonyl (C=O) groups is 2. The van der Waals surface area contributed by atoms with Crippen LogP contribution in [0.1, 0.15) is 42.6 Å². The summed E-state index contributed by atoms with van der Waals surface area (Å²) in [5, 5.41) is 0. The van der Waals surface area contributed by atoms with Crippen LogP contribution in [0.3, 0.4) is 0 Å². The first-order chi connectivity index (χ1) is 15.0. The van der Waals surface area contributed by atoms with Crippen molar-refractivity contribution in [1.29, 1.82) is 0 Å². The molecular formula is C25H31NO5. The molecule has 0 saturated carbocycles. The second-order valence-electron chi connectivity index (χ2n) is 7.80. The molecule has 0 aromatic heterocycles. The third-order valence-electron chi connectivity index (χ3n) is 5.62. The first-order valence-electron chi connectivity index (χ1n) is 10.9. The Morgan fingerprint density at radius 1 is 1.06 bits per heavy atom.